The van der Waals surface area contributed by atoms with Gasteiger partial charge in [-0.1, -0.05) is 80.1 Å². The molecule has 0 fully saturated rings. The molecule has 0 heterocycles. The molecule has 0 saturated carbocycles. The molecule has 1 amide bonds. The predicted octanol–water partition coefficient (Wildman–Crippen LogP) is 6.67. The minimum atomic E-state index is -0.119. The van der Waals surface area contributed by atoms with E-state index in [4.69, 9.17) is 4.74 Å². The molecule has 0 bridgehead atoms. The number of benzene rings is 4. The van der Waals surface area contributed by atoms with E-state index in [1.807, 2.05) is 42.5 Å². The van der Waals surface area contributed by atoms with Crippen LogP contribution in [-0.4, -0.2) is 12.5 Å². The van der Waals surface area contributed by atoms with Crippen LogP contribution in [0, 0.1) is 0 Å². The van der Waals surface area contributed by atoms with Crippen molar-refractivity contribution in [2.45, 2.75) is 26.2 Å². The predicted molar refractivity (Wildman–Crippen MR) is 128 cm³/mol. The maximum Gasteiger partial charge on any atom is 0.255 e. The van der Waals surface area contributed by atoms with Crippen molar-refractivity contribution >= 4 is 22.4 Å². The second-order valence-corrected chi connectivity index (χ2v) is 7.67. The third-order valence-electron chi connectivity index (χ3n) is 5.34. The Balaban J connectivity index is 1.45. The van der Waals surface area contributed by atoms with Crippen molar-refractivity contribution in [2.75, 3.05) is 11.9 Å². The van der Waals surface area contributed by atoms with Crippen molar-refractivity contribution in [3.63, 3.8) is 0 Å². The number of amides is 1. The van der Waals surface area contributed by atoms with Crippen LogP contribution in [0.15, 0.2) is 91.0 Å². The van der Waals surface area contributed by atoms with Crippen LogP contribution in [0.3, 0.4) is 0 Å². The van der Waals surface area contributed by atoms with E-state index < -0.39 is 0 Å². The third kappa shape index (κ3) is 5.32. The number of carbonyl (C=O) groups excluding carboxylic acids is 1. The number of ether oxygens (including phenoxy) is 1. The van der Waals surface area contributed by atoms with Gasteiger partial charge in [0.15, 0.2) is 0 Å². The van der Waals surface area contributed by atoms with Crippen LogP contribution >= 0.6 is 0 Å². The first-order chi connectivity index (χ1) is 15.2. The van der Waals surface area contributed by atoms with Crippen molar-refractivity contribution in [1.29, 1.82) is 0 Å². The average molecular weight is 410 g/mol. The summed E-state index contributed by atoms with van der Waals surface area (Å²) in [6, 6.07) is 30.1. The second-order valence-electron chi connectivity index (χ2n) is 7.67. The minimum absolute atomic E-state index is 0.119. The maximum atomic E-state index is 12.5. The Hall–Kier alpha value is -3.59. The fourth-order valence-electron chi connectivity index (χ4n) is 3.71. The SMILES string of the molecule is CCCc1ccc(NC(=O)c2ccccc2)cc1OCCc1ccc2ccccc2c1. The number of anilines is 1. The molecule has 4 rings (SSSR count). The van der Waals surface area contributed by atoms with E-state index in [2.05, 4.69) is 60.8 Å². The first kappa shape index (κ1) is 20.7. The van der Waals surface area contributed by atoms with Gasteiger partial charge in [0.05, 0.1) is 6.61 Å². The number of carbonyl (C=O) groups is 1. The Kier molecular flexibility index (Phi) is 6.63. The molecular weight excluding hydrogens is 382 g/mol. The second kappa shape index (κ2) is 9.94. The number of fused-ring (bicyclic) bond motifs is 1. The van der Waals surface area contributed by atoms with E-state index in [0.717, 1.165) is 30.7 Å². The summed E-state index contributed by atoms with van der Waals surface area (Å²) in [5, 5.41) is 5.47. The lowest BCUT2D eigenvalue weighted by atomic mass is 10.1. The van der Waals surface area contributed by atoms with Gasteiger partial charge in [0.2, 0.25) is 0 Å². The summed E-state index contributed by atoms with van der Waals surface area (Å²) in [6.45, 7) is 2.75. The lowest BCUT2D eigenvalue weighted by molar-refractivity contribution is 0.102. The van der Waals surface area contributed by atoms with Gasteiger partial charge in [0.25, 0.3) is 5.91 Å². The molecule has 156 valence electrons. The molecule has 0 aliphatic rings. The highest BCUT2D eigenvalue weighted by atomic mass is 16.5. The van der Waals surface area contributed by atoms with Crippen molar-refractivity contribution in [2.24, 2.45) is 0 Å². The molecule has 0 radical (unpaired) electrons. The highest BCUT2D eigenvalue weighted by Gasteiger charge is 2.09. The Labute approximate surface area is 183 Å². The van der Waals surface area contributed by atoms with Gasteiger partial charge in [-0.3, -0.25) is 4.79 Å². The molecule has 31 heavy (non-hydrogen) atoms. The molecule has 0 atom stereocenters. The fourth-order valence-corrected chi connectivity index (χ4v) is 3.71. The fraction of sp³-hybridized carbons (Fsp3) is 0.179. The molecule has 0 aliphatic carbocycles. The largest absolute Gasteiger partial charge is 0.493 e. The Bertz CT molecular complexity index is 1170. The average Bonchev–Trinajstić information content (AvgIpc) is 2.81. The summed E-state index contributed by atoms with van der Waals surface area (Å²) in [6.07, 6.45) is 2.81. The zero-order chi connectivity index (χ0) is 21.5. The maximum absolute atomic E-state index is 12.5. The molecule has 1 N–H and O–H groups in total. The first-order valence-corrected chi connectivity index (χ1v) is 10.8. The van der Waals surface area contributed by atoms with Crippen LogP contribution in [0.1, 0.15) is 34.8 Å². The zero-order valence-corrected chi connectivity index (χ0v) is 17.8. The highest BCUT2D eigenvalue weighted by Crippen LogP contribution is 2.26. The van der Waals surface area contributed by atoms with Crippen molar-refractivity contribution in [1.82, 2.24) is 0 Å². The van der Waals surface area contributed by atoms with Crippen molar-refractivity contribution < 1.29 is 9.53 Å². The van der Waals surface area contributed by atoms with Gasteiger partial charge in [-0.15, -0.1) is 0 Å². The van der Waals surface area contributed by atoms with Gasteiger partial charge >= 0.3 is 0 Å². The minimum Gasteiger partial charge on any atom is -0.493 e. The molecule has 0 aliphatic heterocycles. The summed E-state index contributed by atoms with van der Waals surface area (Å²) in [4.78, 5) is 12.5. The number of hydrogen-bond acceptors (Lipinski definition) is 2. The van der Waals surface area contributed by atoms with E-state index in [1.165, 1.54) is 21.9 Å². The van der Waals surface area contributed by atoms with Crippen molar-refractivity contribution in [3.8, 4) is 5.75 Å². The Morgan fingerprint density at radius 2 is 1.58 bits per heavy atom. The number of rotatable bonds is 8. The van der Waals surface area contributed by atoms with Gasteiger partial charge in [-0.25, -0.2) is 0 Å². The molecule has 0 unspecified atom stereocenters. The molecule has 4 aromatic carbocycles. The van der Waals surface area contributed by atoms with E-state index in [0.29, 0.717) is 12.2 Å². The standard InChI is InChI=1S/C28H27NO2/c1-2-8-23-15-16-26(29-28(30)24-10-4-3-5-11-24)20-27(23)31-18-17-21-13-14-22-9-6-7-12-25(22)19-21/h3-7,9-16,19-20H,2,8,17-18H2,1H3,(H,29,30). The summed E-state index contributed by atoms with van der Waals surface area (Å²) >= 11 is 0. The number of hydrogen-bond donors (Lipinski definition) is 1. The van der Waals surface area contributed by atoms with Gasteiger partial charge in [-0.2, -0.15) is 0 Å². The summed E-state index contributed by atoms with van der Waals surface area (Å²) in [5.41, 5.74) is 3.80. The van der Waals surface area contributed by atoms with Crippen LogP contribution in [0.2, 0.25) is 0 Å². The number of aryl methyl sites for hydroxylation is 1. The molecule has 3 nitrogen and oxygen atoms in total. The van der Waals surface area contributed by atoms with Gasteiger partial charge in [0.1, 0.15) is 5.75 Å². The van der Waals surface area contributed by atoms with Gasteiger partial charge in [0, 0.05) is 23.7 Å². The van der Waals surface area contributed by atoms with Crippen LogP contribution in [0.4, 0.5) is 5.69 Å². The Morgan fingerprint density at radius 3 is 2.39 bits per heavy atom. The monoisotopic (exact) mass is 409 g/mol. The van der Waals surface area contributed by atoms with Crippen LogP contribution in [-0.2, 0) is 12.8 Å². The third-order valence-corrected chi connectivity index (χ3v) is 5.34. The topological polar surface area (TPSA) is 38.3 Å². The van der Waals surface area contributed by atoms with E-state index in [-0.39, 0.29) is 5.91 Å². The molecule has 4 aromatic rings. The van der Waals surface area contributed by atoms with Crippen molar-refractivity contribution in [3.05, 3.63) is 108 Å². The molecule has 0 saturated heterocycles. The first-order valence-electron chi connectivity index (χ1n) is 10.8. The Morgan fingerprint density at radius 1 is 0.806 bits per heavy atom. The van der Waals surface area contributed by atoms with Gasteiger partial charge in [-0.05, 0) is 46.5 Å². The van der Waals surface area contributed by atoms with Crippen LogP contribution in [0.5, 0.6) is 5.75 Å². The van der Waals surface area contributed by atoms with E-state index in [1.54, 1.807) is 0 Å². The molecule has 0 aromatic heterocycles. The highest BCUT2D eigenvalue weighted by molar-refractivity contribution is 6.04. The summed E-state index contributed by atoms with van der Waals surface area (Å²) in [7, 11) is 0. The van der Waals surface area contributed by atoms with E-state index >= 15 is 0 Å². The molecule has 0 spiro atoms. The van der Waals surface area contributed by atoms with E-state index in [9.17, 15) is 4.79 Å². The summed E-state index contributed by atoms with van der Waals surface area (Å²) < 4.78 is 6.18. The normalized spacial score (nSPS) is 10.7. The molecule has 3 heteroatoms. The van der Waals surface area contributed by atoms with Crippen LogP contribution < -0.4 is 10.1 Å². The lowest BCUT2D eigenvalue weighted by Gasteiger charge is -2.14. The summed E-state index contributed by atoms with van der Waals surface area (Å²) in [5.74, 6) is 0.722. The number of nitrogens with one attached hydrogen (secondary N) is 1. The quantitative estimate of drug-likeness (QED) is 0.353. The van der Waals surface area contributed by atoms with Gasteiger partial charge < -0.3 is 10.1 Å². The zero-order valence-electron chi connectivity index (χ0n) is 17.8. The van der Waals surface area contributed by atoms with Crippen LogP contribution in [0.25, 0.3) is 10.8 Å². The molecular formula is C28H27NO2. The smallest absolute Gasteiger partial charge is 0.255 e. The lowest BCUT2D eigenvalue weighted by Crippen LogP contribution is -2.12.